The summed E-state index contributed by atoms with van der Waals surface area (Å²) in [5, 5.41) is 21.0. The second-order valence-electron chi connectivity index (χ2n) is 5.49. The third-order valence-electron chi connectivity index (χ3n) is 3.88. The largest absolute Gasteiger partial charge is 0.479 e. The lowest BCUT2D eigenvalue weighted by Gasteiger charge is -2.29. The van der Waals surface area contributed by atoms with Crippen LogP contribution in [0, 0.1) is 5.41 Å². The van der Waals surface area contributed by atoms with Crippen LogP contribution in [-0.2, 0) is 14.3 Å². The number of hydrogen-bond donors (Lipinski definition) is 3. The van der Waals surface area contributed by atoms with Crippen molar-refractivity contribution in [2.75, 3.05) is 20.3 Å². The van der Waals surface area contributed by atoms with Crippen molar-refractivity contribution in [3.05, 3.63) is 0 Å². The highest BCUT2D eigenvalue weighted by Gasteiger charge is 2.41. The Morgan fingerprint density at radius 1 is 1.37 bits per heavy atom. The van der Waals surface area contributed by atoms with Gasteiger partial charge in [-0.25, -0.2) is 4.79 Å². The van der Waals surface area contributed by atoms with Gasteiger partial charge >= 0.3 is 5.97 Å². The zero-order chi connectivity index (χ0) is 14.5. The van der Waals surface area contributed by atoms with Gasteiger partial charge in [0.2, 0.25) is 5.91 Å². The number of aliphatic hydroxyl groups is 1. The van der Waals surface area contributed by atoms with Gasteiger partial charge in [0.05, 0.1) is 12.0 Å². The first-order chi connectivity index (χ1) is 8.84. The number of carboxylic acids is 1. The first kappa shape index (κ1) is 15.9. The molecule has 6 nitrogen and oxygen atoms in total. The Bertz CT molecular complexity index is 334. The minimum Gasteiger partial charge on any atom is -0.479 e. The molecule has 1 unspecified atom stereocenters. The summed E-state index contributed by atoms with van der Waals surface area (Å²) in [4.78, 5) is 23.1. The number of carboxylic acid groups (broad SMARTS) is 1. The van der Waals surface area contributed by atoms with Crippen LogP contribution in [0.5, 0.6) is 0 Å². The summed E-state index contributed by atoms with van der Waals surface area (Å²) in [6.45, 7) is 1.39. The van der Waals surface area contributed by atoms with Crippen molar-refractivity contribution < 1.29 is 24.5 Å². The van der Waals surface area contributed by atoms with Crippen LogP contribution in [-0.4, -0.2) is 48.0 Å². The number of methoxy groups -OCH3 is 1. The summed E-state index contributed by atoms with van der Waals surface area (Å²) in [7, 11) is 1.59. The molecular weight excluding hydrogens is 250 g/mol. The minimum absolute atomic E-state index is 0.177. The molecule has 1 aliphatic carbocycles. The van der Waals surface area contributed by atoms with Crippen molar-refractivity contribution in [2.45, 2.75) is 44.6 Å². The smallest absolute Gasteiger partial charge is 0.337 e. The molecule has 1 saturated carbocycles. The normalized spacial score (nSPS) is 20.8. The Hall–Kier alpha value is -1.14. The number of rotatable bonds is 7. The molecule has 0 heterocycles. The van der Waals surface area contributed by atoms with Crippen LogP contribution in [0.15, 0.2) is 0 Å². The standard InChI is InChI=1S/C13H23NO5/c1-12(18,11(16)17)9-14-10(15)13(7-8-19-2)5-3-4-6-13/h18H,3-9H2,1-2H3,(H,14,15)(H,16,17). The molecule has 1 fully saturated rings. The lowest BCUT2D eigenvalue weighted by molar-refractivity contribution is -0.156. The monoisotopic (exact) mass is 273 g/mol. The van der Waals surface area contributed by atoms with Crippen molar-refractivity contribution in [1.29, 1.82) is 0 Å². The maximum absolute atomic E-state index is 12.3. The molecule has 110 valence electrons. The van der Waals surface area contributed by atoms with E-state index >= 15 is 0 Å². The molecule has 0 aromatic carbocycles. The van der Waals surface area contributed by atoms with E-state index in [0.717, 1.165) is 25.7 Å². The molecule has 1 atom stereocenters. The predicted molar refractivity (Wildman–Crippen MR) is 68.7 cm³/mol. The number of amides is 1. The van der Waals surface area contributed by atoms with Gasteiger partial charge in [-0.3, -0.25) is 4.79 Å². The molecule has 3 N–H and O–H groups in total. The van der Waals surface area contributed by atoms with Crippen molar-refractivity contribution in [3.63, 3.8) is 0 Å². The number of carbonyl (C=O) groups is 2. The number of ether oxygens (including phenoxy) is 1. The highest BCUT2D eigenvalue weighted by atomic mass is 16.5. The molecule has 1 rings (SSSR count). The molecule has 6 heteroatoms. The van der Waals surface area contributed by atoms with Crippen molar-refractivity contribution in [2.24, 2.45) is 5.41 Å². The molecule has 0 radical (unpaired) electrons. The van der Waals surface area contributed by atoms with Crippen LogP contribution in [0.3, 0.4) is 0 Å². The van der Waals surface area contributed by atoms with E-state index < -0.39 is 17.0 Å². The summed E-state index contributed by atoms with van der Waals surface area (Å²) < 4.78 is 5.04. The number of hydrogen-bond acceptors (Lipinski definition) is 4. The van der Waals surface area contributed by atoms with Crippen molar-refractivity contribution >= 4 is 11.9 Å². The van der Waals surface area contributed by atoms with Crippen LogP contribution in [0.1, 0.15) is 39.0 Å². The van der Waals surface area contributed by atoms with Gasteiger partial charge in [-0.05, 0) is 26.2 Å². The molecule has 0 aromatic rings. The summed E-state index contributed by atoms with van der Waals surface area (Å²) in [5.41, 5.74) is -2.40. The molecule has 0 spiro atoms. The fraction of sp³-hybridized carbons (Fsp3) is 0.846. The number of aliphatic carboxylic acids is 1. The van der Waals surface area contributed by atoms with E-state index in [4.69, 9.17) is 9.84 Å². The van der Waals surface area contributed by atoms with Gasteiger partial charge in [0.15, 0.2) is 5.60 Å². The zero-order valence-electron chi connectivity index (χ0n) is 11.6. The first-order valence-electron chi connectivity index (χ1n) is 6.57. The maximum atomic E-state index is 12.3. The summed E-state index contributed by atoms with van der Waals surface area (Å²) >= 11 is 0. The SMILES string of the molecule is COCCC1(C(=O)NCC(C)(O)C(=O)O)CCCC1. The molecule has 0 saturated heterocycles. The van der Waals surface area contributed by atoms with Crippen LogP contribution in [0.4, 0.5) is 0 Å². The van der Waals surface area contributed by atoms with E-state index in [9.17, 15) is 14.7 Å². The second kappa shape index (κ2) is 6.34. The second-order valence-corrected chi connectivity index (χ2v) is 5.49. The van der Waals surface area contributed by atoms with E-state index in [0.29, 0.717) is 13.0 Å². The number of carbonyl (C=O) groups excluding carboxylic acids is 1. The minimum atomic E-state index is -1.93. The zero-order valence-corrected chi connectivity index (χ0v) is 11.6. The van der Waals surface area contributed by atoms with Gasteiger partial charge in [0.1, 0.15) is 0 Å². The highest BCUT2D eigenvalue weighted by molar-refractivity contribution is 5.84. The van der Waals surface area contributed by atoms with Crippen molar-refractivity contribution in [3.8, 4) is 0 Å². The average molecular weight is 273 g/mol. The van der Waals surface area contributed by atoms with Gasteiger partial charge in [-0.2, -0.15) is 0 Å². The molecule has 1 amide bonds. The average Bonchev–Trinajstić information content (AvgIpc) is 2.83. The Kier molecular flexibility index (Phi) is 5.31. The van der Waals surface area contributed by atoms with Gasteiger partial charge in [-0.1, -0.05) is 12.8 Å². The third-order valence-corrected chi connectivity index (χ3v) is 3.88. The van der Waals surface area contributed by atoms with Crippen LogP contribution < -0.4 is 5.32 Å². The molecular formula is C13H23NO5. The predicted octanol–water partition coefficient (Wildman–Crippen LogP) is 0.535. The Labute approximate surface area is 113 Å². The Morgan fingerprint density at radius 3 is 2.42 bits per heavy atom. The van der Waals surface area contributed by atoms with E-state index in [1.165, 1.54) is 6.92 Å². The van der Waals surface area contributed by atoms with Crippen molar-refractivity contribution in [1.82, 2.24) is 5.32 Å². The molecule has 1 aliphatic rings. The van der Waals surface area contributed by atoms with Gasteiger partial charge < -0.3 is 20.3 Å². The van der Waals surface area contributed by atoms with Crippen LogP contribution in [0.25, 0.3) is 0 Å². The topological polar surface area (TPSA) is 95.9 Å². The van der Waals surface area contributed by atoms with E-state index in [-0.39, 0.29) is 12.5 Å². The van der Waals surface area contributed by atoms with E-state index in [1.807, 2.05) is 0 Å². The van der Waals surface area contributed by atoms with Gasteiger partial charge in [-0.15, -0.1) is 0 Å². The summed E-state index contributed by atoms with van der Waals surface area (Å²) in [6, 6.07) is 0. The first-order valence-corrected chi connectivity index (χ1v) is 6.57. The lowest BCUT2D eigenvalue weighted by atomic mass is 9.82. The third kappa shape index (κ3) is 3.91. The number of nitrogens with one attached hydrogen (secondary N) is 1. The molecule has 0 aliphatic heterocycles. The molecule has 0 aromatic heterocycles. The van der Waals surface area contributed by atoms with Crippen LogP contribution in [0.2, 0.25) is 0 Å². The summed E-state index contributed by atoms with van der Waals surface area (Å²) in [6.07, 6.45) is 4.19. The maximum Gasteiger partial charge on any atom is 0.337 e. The van der Waals surface area contributed by atoms with Gasteiger partial charge in [0.25, 0.3) is 0 Å². The quantitative estimate of drug-likeness (QED) is 0.629. The van der Waals surface area contributed by atoms with E-state index in [2.05, 4.69) is 5.32 Å². The highest BCUT2D eigenvalue weighted by Crippen LogP contribution is 2.41. The summed E-state index contributed by atoms with van der Waals surface area (Å²) in [5.74, 6) is -1.52. The molecule has 19 heavy (non-hydrogen) atoms. The fourth-order valence-corrected chi connectivity index (χ4v) is 2.46. The Balaban J connectivity index is 2.61. The molecule has 0 bridgehead atoms. The Morgan fingerprint density at radius 2 is 1.95 bits per heavy atom. The fourth-order valence-electron chi connectivity index (χ4n) is 2.46. The van der Waals surface area contributed by atoms with Gasteiger partial charge in [0, 0.05) is 13.7 Å². The lowest BCUT2D eigenvalue weighted by Crippen LogP contribution is -2.50. The van der Waals surface area contributed by atoms with Crippen LogP contribution >= 0.6 is 0 Å². The van der Waals surface area contributed by atoms with E-state index in [1.54, 1.807) is 7.11 Å².